The monoisotopic (exact) mass is 225 g/mol. The molecule has 0 bridgehead atoms. The molecule has 0 saturated heterocycles. The molecular formula is C15H31N. The van der Waals surface area contributed by atoms with Gasteiger partial charge in [0, 0.05) is 6.04 Å². The van der Waals surface area contributed by atoms with Crippen molar-refractivity contribution in [3.05, 3.63) is 0 Å². The average Bonchev–Trinajstić information content (AvgIpc) is 2.25. The first-order valence-electron chi connectivity index (χ1n) is 7.33. The summed E-state index contributed by atoms with van der Waals surface area (Å²) in [6.45, 7) is 10.6. The summed E-state index contributed by atoms with van der Waals surface area (Å²) in [6.07, 6.45) is 8.42. The molecule has 1 aliphatic carbocycles. The van der Waals surface area contributed by atoms with Crippen molar-refractivity contribution in [2.24, 2.45) is 17.8 Å². The van der Waals surface area contributed by atoms with Crippen molar-refractivity contribution in [2.45, 2.75) is 72.3 Å². The molecule has 0 spiro atoms. The molecule has 0 aromatic heterocycles. The molecular weight excluding hydrogens is 194 g/mol. The van der Waals surface area contributed by atoms with Crippen LogP contribution in [0.3, 0.4) is 0 Å². The van der Waals surface area contributed by atoms with E-state index in [1.807, 2.05) is 0 Å². The fourth-order valence-electron chi connectivity index (χ4n) is 2.81. The minimum atomic E-state index is 0.821. The fourth-order valence-corrected chi connectivity index (χ4v) is 2.81. The Bertz CT molecular complexity index is 166. The molecule has 1 saturated carbocycles. The number of hydrogen-bond acceptors (Lipinski definition) is 1. The summed E-state index contributed by atoms with van der Waals surface area (Å²) in [4.78, 5) is 0. The van der Waals surface area contributed by atoms with E-state index in [0.717, 1.165) is 23.8 Å². The van der Waals surface area contributed by atoms with Crippen molar-refractivity contribution >= 4 is 0 Å². The van der Waals surface area contributed by atoms with Crippen molar-refractivity contribution in [1.82, 2.24) is 5.32 Å². The molecule has 0 amide bonds. The molecule has 16 heavy (non-hydrogen) atoms. The Morgan fingerprint density at radius 2 is 1.62 bits per heavy atom. The quantitative estimate of drug-likeness (QED) is 0.667. The molecule has 0 heterocycles. The van der Waals surface area contributed by atoms with Crippen LogP contribution in [0.25, 0.3) is 0 Å². The maximum absolute atomic E-state index is 3.74. The zero-order valence-electron chi connectivity index (χ0n) is 11.8. The van der Waals surface area contributed by atoms with Crippen LogP contribution in [0.15, 0.2) is 0 Å². The Labute approximate surface area is 102 Å². The van der Waals surface area contributed by atoms with E-state index in [9.17, 15) is 0 Å². The second kappa shape index (κ2) is 7.32. The molecule has 0 aliphatic heterocycles. The second-order valence-corrected chi connectivity index (χ2v) is 6.35. The molecule has 1 nitrogen and oxygen atoms in total. The minimum absolute atomic E-state index is 0.821. The van der Waals surface area contributed by atoms with Crippen molar-refractivity contribution < 1.29 is 0 Å². The van der Waals surface area contributed by atoms with E-state index in [0.29, 0.717) is 0 Å². The van der Waals surface area contributed by atoms with Crippen molar-refractivity contribution in [3.63, 3.8) is 0 Å². The zero-order valence-corrected chi connectivity index (χ0v) is 11.8. The summed E-state index contributed by atoms with van der Waals surface area (Å²) < 4.78 is 0. The lowest BCUT2D eigenvalue weighted by Crippen LogP contribution is -2.34. The van der Waals surface area contributed by atoms with Gasteiger partial charge in [-0.3, -0.25) is 0 Å². The molecule has 0 aromatic rings. The molecule has 1 heteroatoms. The summed E-state index contributed by atoms with van der Waals surface area (Å²) in [5.74, 6) is 2.74. The predicted molar refractivity (Wildman–Crippen MR) is 72.7 cm³/mol. The molecule has 1 rings (SSSR count). The third kappa shape index (κ3) is 5.34. The van der Waals surface area contributed by atoms with Gasteiger partial charge in [0.05, 0.1) is 0 Å². The van der Waals surface area contributed by atoms with Crippen LogP contribution in [-0.4, -0.2) is 12.6 Å². The molecule has 0 aromatic carbocycles. The highest BCUT2D eigenvalue weighted by Crippen LogP contribution is 2.29. The van der Waals surface area contributed by atoms with E-state index in [-0.39, 0.29) is 0 Å². The van der Waals surface area contributed by atoms with Crippen molar-refractivity contribution in [1.29, 1.82) is 0 Å². The average molecular weight is 225 g/mol. The first-order chi connectivity index (χ1) is 7.59. The third-order valence-electron chi connectivity index (χ3n) is 4.11. The zero-order chi connectivity index (χ0) is 12.0. The van der Waals surface area contributed by atoms with Gasteiger partial charge in [0.1, 0.15) is 0 Å². The van der Waals surface area contributed by atoms with Gasteiger partial charge in [-0.25, -0.2) is 0 Å². The molecule has 0 atom stereocenters. The van der Waals surface area contributed by atoms with E-state index < -0.39 is 0 Å². The van der Waals surface area contributed by atoms with Crippen LogP contribution in [0.5, 0.6) is 0 Å². The maximum atomic E-state index is 3.74. The van der Waals surface area contributed by atoms with E-state index in [1.165, 1.54) is 45.1 Å². The summed E-state index contributed by atoms with van der Waals surface area (Å²) in [5, 5.41) is 3.74. The smallest absolute Gasteiger partial charge is 0.00672 e. The minimum Gasteiger partial charge on any atom is -0.314 e. The summed E-state index contributed by atoms with van der Waals surface area (Å²) >= 11 is 0. The number of rotatable bonds is 6. The van der Waals surface area contributed by atoms with E-state index >= 15 is 0 Å². The lowest BCUT2D eigenvalue weighted by molar-refractivity contribution is 0.238. The Kier molecular flexibility index (Phi) is 6.41. The highest BCUT2D eigenvalue weighted by Gasteiger charge is 2.22. The summed E-state index contributed by atoms with van der Waals surface area (Å²) in [5.41, 5.74) is 0. The van der Waals surface area contributed by atoms with E-state index in [1.54, 1.807) is 0 Å². The van der Waals surface area contributed by atoms with Crippen LogP contribution < -0.4 is 5.32 Å². The molecule has 0 unspecified atom stereocenters. The maximum Gasteiger partial charge on any atom is 0.00672 e. The molecule has 0 radical (unpaired) electrons. The standard InChI is InChI=1S/C15H31N/c1-12(2)6-5-11-16-15-9-7-14(8-10-15)13(3)4/h12-16H,5-11H2,1-4H3. The SMILES string of the molecule is CC(C)CCCNC1CCC(C(C)C)CC1. The van der Waals surface area contributed by atoms with Gasteiger partial charge < -0.3 is 5.32 Å². The van der Waals surface area contributed by atoms with Crippen LogP contribution in [0.4, 0.5) is 0 Å². The van der Waals surface area contributed by atoms with Crippen molar-refractivity contribution in [3.8, 4) is 0 Å². The largest absolute Gasteiger partial charge is 0.314 e. The van der Waals surface area contributed by atoms with Gasteiger partial charge in [-0.1, -0.05) is 27.7 Å². The van der Waals surface area contributed by atoms with Gasteiger partial charge in [0.2, 0.25) is 0 Å². The van der Waals surface area contributed by atoms with Gasteiger partial charge in [0.15, 0.2) is 0 Å². The summed E-state index contributed by atoms with van der Waals surface area (Å²) in [6, 6.07) is 0.821. The number of nitrogens with one attached hydrogen (secondary N) is 1. The first-order valence-corrected chi connectivity index (χ1v) is 7.33. The third-order valence-corrected chi connectivity index (χ3v) is 4.11. The van der Waals surface area contributed by atoms with Crippen LogP contribution in [0.2, 0.25) is 0 Å². The van der Waals surface area contributed by atoms with Gasteiger partial charge >= 0.3 is 0 Å². The molecule has 1 aliphatic rings. The van der Waals surface area contributed by atoms with Gasteiger partial charge in [-0.2, -0.15) is 0 Å². The Morgan fingerprint density at radius 1 is 1.00 bits per heavy atom. The van der Waals surface area contributed by atoms with Crippen molar-refractivity contribution in [2.75, 3.05) is 6.54 Å². The van der Waals surface area contributed by atoms with Gasteiger partial charge in [-0.15, -0.1) is 0 Å². The highest BCUT2D eigenvalue weighted by molar-refractivity contribution is 4.78. The highest BCUT2D eigenvalue weighted by atomic mass is 14.9. The topological polar surface area (TPSA) is 12.0 Å². The Hall–Kier alpha value is -0.0400. The van der Waals surface area contributed by atoms with Crippen LogP contribution in [0, 0.1) is 17.8 Å². The Balaban J connectivity index is 2.04. The first kappa shape index (κ1) is 14.0. The molecule has 1 N–H and O–H groups in total. The lowest BCUT2D eigenvalue weighted by Gasteiger charge is -2.31. The fraction of sp³-hybridized carbons (Fsp3) is 1.00. The molecule has 1 fully saturated rings. The number of hydrogen-bond donors (Lipinski definition) is 1. The molecule has 96 valence electrons. The Morgan fingerprint density at radius 3 is 2.12 bits per heavy atom. The van der Waals surface area contributed by atoms with Crippen LogP contribution in [0.1, 0.15) is 66.2 Å². The van der Waals surface area contributed by atoms with Crippen LogP contribution >= 0.6 is 0 Å². The van der Waals surface area contributed by atoms with Crippen LogP contribution in [-0.2, 0) is 0 Å². The van der Waals surface area contributed by atoms with Gasteiger partial charge in [0.25, 0.3) is 0 Å². The van der Waals surface area contributed by atoms with E-state index in [2.05, 4.69) is 33.0 Å². The lowest BCUT2D eigenvalue weighted by atomic mass is 9.80. The second-order valence-electron chi connectivity index (χ2n) is 6.35. The van der Waals surface area contributed by atoms with Gasteiger partial charge in [-0.05, 0) is 62.8 Å². The normalized spacial score (nSPS) is 26.6. The predicted octanol–water partition coefficient (Wildman–Crippen LogP) is 4.23. The summed E-state index contributed by atoms with van der Waals surface area (Å²) in [7, 11) is 0. The van der Waals surface area contributed by atoms with E-state index in [4.69, 9.17) is 0 Å².